The van der Waals surface area contributed by atoms with Crippen LogP contribution in [-0.4, -0.2) is 23.4 Å². The first kappa shape index (κ1) is 16.8. The highest BCUT2D eigenvalue weighted by atomic mass is 35.5. The number of nitrogens with one attached hydrogen (secondary N) is 1. The molecule has 2 heterocycles. The van der Waals surface area contributed by atoms with Crippen LogP contribution < -0.4 is 5.14 Å². The Hall–Kier alpha value is -2.00. The number of hydrogen-bond acceptors (Lipinski definition) is 4. The van der Waals surface area contributed by atoms with Crippen molar-refractivity contribution in [2.24, 2.45) is 5.14 Å². The lowest BCUT2D eigenvalue weighted by atomic mass is 10.2. The minimum absolute atomic E-state index is 0.112. The molecule has 0 saturated heterocycles. The molecule has 3 aromatic rings. The summed E-state index contributed by atoms with van der Waals surface area (Å²) in [6.45, 7) is 0. The number of benzene rings is 1. The van der Waals surface area contributed by atoms with E-state index in [2.05, 4.69) is 15.0 Å². The van der Waals surface area contributed by atoms with Crippen LogP contribution in [0.1, 0.15) is 0 Å². The molecule has 0 spiro atoms. The summed E-state index contributed by atoms with van der Waals surface area (Å²) in [4.78, 5) is 10.9. The highest BCUT2D eigenvalue weighted by molar-refractivity contribution is 7.89. The van der Waals surface area contributed by atoms with Gasteiger partial charge in [0.2, 0.25) is 10.0 Å². The lowest BCUT2D eigenvalue weighted by Crippen LogP contribution is -2.11. The summed E-state index contributed by atoms with van der Waals surface area (Å²) in [5.41, 5.74) is 1.21. The summed E-state index contributed by atoms with van der Waals surface area (Å²) in [7, 11) is -3.87. The number of imidazole rings is 1. The molecular weight excluding hydrogens is 378 g/mol. The molecule has 24 heavy (non-hydrogen) atoms. The number of halogens is 3. The van der Waals surface area contributed by atoms with E-state index in [1.54, 1.807) is 0 Å². The fourth-order valence-corrected chi connectivity index (χ4v) is 3.16. The Labute approximate surface area is 146 Å². The van der Waals surface area contributed by atoms with Gasteiger partial charge in [-0.2, -0.15) is 0 Å². The van der Waals surface area contributed by atoms with Gasteiger partial charge in [0, 0.05) is 5.56 Å². The fourth-order valence-electron chi connectivity index (χ4n) is 2.04. The molecular formula is C14H9Cl2FN4O2S. The number of pyridine rings is 1. The van der Waals surface area contributed by atoms with E-state index in [4.69, 9.17) is 28.3 Å². The van der Waals surface area contributed by atoms with Gasteiger partial charge in [-0.15, -0.1) is 0 Å². The lowest BCUT2D eigenvalue weighted by Gasteiger charge is -2.05. The van der Waals surface area contributed by atoms with Crippen molar-refractivity contribution >= 4 is 33.2 Å². The van der Waals surface area contributed by atoms with E-state index in [1.165, 1.54) is 30.3 Å². The molecule has 10 heteroatoms. The maximum absolute atomic E-state index is 12.9. The molecule has 6 nitrogen and oxygen atoms in total. The molecule has 0 aliphatic heterocycles. The summed E-state index contributed by atoms with van der Waals surface area (Å²) in [5.74, 6) is -0.153. The molecule has 124 valence electrons. The molecule has 0 atom stereocenters. The normalized spacial score (nSPS) is 11.7. The van der Waals surface area contributed by atoms with E-state index in [0.717, 1.165) is 6.20 Å². The number of aromatic amines is 1. The molecule has 0 radical (unpaired) electrons. The molecule has 0 saturated carbocycles. The third-order valence-electron chi connectivity index (χ3n) is 3.17. The van der Waals surface area contributed by atoms with Crippen LogP contribution in [0.4, 0.5) is 4.39 Å². The van der Waals surface area contributed by atoms with Gasteiger partial charge >= 0.3 is 0 Å². The van der Waals surface area contributed by atoms with Crippen molar-refractivity contribution in [3.8, 4) is 22.8 Å². The Morgan fingerprint density at radius 3 is 2.50 bits per heavy atom. The van der Waals surface area contributed by atoms with Gasteiger partial charge in [0.25, 0.3) is 0 Å². The molecule has 0 fully saturated rings. The maximum atomic E-state index is 12.9. The second-order valence-electron chi connectivity index (χ2n) is 4.80. The monoisotopic (exact) mass is 386 g/mol. The van der Waals surface area contributed by atoms with Gasteiger partial charge < -0.3 is 4.98 Å². The summed E-state index contributed by atoms with van der Waals surface area (Å²) < 4.78 is 35.6. The van der Waals surface area contributed by atoms with Crippen molar-refractivity contribution in [1.82, 2.24) is 15.0 Å². The summed E-state index contributed by atoms with van der Waals surface area (Å²) in [6, 6.07) is 6.68. The van der Waals surface area contributed by atoms with Crippen LogP contribution in [0, 0.1) is 5.82 Å². The Morgan fingerprint density at radius 1 is 1.17 bits per heavy atom. The summed E-state index contributed by atoms with van der Waals surface area (Å²) in [5, 5.41) is 5.31. The number of nitrogens with two attached hydrogens (primary N) is 1. The quantitative estimate of drug-likeness (QED) is 0.720. The van der Waals surface area contributed by atoms with Crippen molar-refractivity contribution in [2.75, 3.05) is 0 Å². The molecule has 0 unspecified atom stereocenters. The van der Waals surface area contributed by atoms with Gasteiger partial charge in [0.1, 0.15) is 11.5 Å². The molecule has 0 bridgehead atoms. The standard InChI is InChI=1S/C14H9Cl2FN4O2S/c15-10-5-8(24(18,22)23)2-3-9(10)12-13(16)21-14(20-12)11-4-1-7(17)6-19-11/h1-6H,(H,20,21)(H2,18,22,23). The van der Waals surface area contributed by atoms with Crippen molar-refractivity contribution in [3.05, 3.63) is 52.5 Å². The highest BCUT2D eigenvalue weighted by Crippen LogP contribution is 2.34. The minimum Gasteiger partial charge on any atom is -0.335 e. The van der Waals surface area contributed by atoms with E-state index in [1.807, 2.05) is 0 Å². The van der Waals surface area contributed by atoms with Crippen molar-refractivity contribution in [3.63, 3.8) is 0 Å². The average Bonchev–Trinajstić information content (AvgIpc) is 2.89. The molecule has 3 rings (SSSR count). The molecule has 0 aliphatic rings. The van der Waals surface area contributed by atoms with Crippen LogP contribution in [0.25, 0.3) is 22.8 Å². The first-order valence-corrected chi connectivity index (χ1v) is 8.76. The predicted octanol–water partition coefficient (Wildman–Crippen LogP) is 3.23. The van der Waals surface area contributed by atoms with Crippen LogP contribution >= 0.6 is 23.2 Å². The molecule has 0 amide bonds. The summed E-state index contributed by atoms with van der Waals surface area (Å²) >= 11 is 12.2. The first-order chi connectivity index (χ1) is 11.3. The zero-order valence-corrected chi connectivity index (χ0v) is 14.1. The van der Waals surface area contributed by atoms with E-state index in [-0.39, 0.29) is 15.1 Å². The minimum atomic E-state index is -3.87. The van der Waals surface area contributed by atoms with Crippen molar-refractivity contribution in [2.45, 2.75) is 4.90 Å². The van der Waals surface area contributed by atoms with E-state index in [0.29, 0.717) is 22.8 Å². The molecule has 0 aliphatic carbocycles. The van der Waals surface area contributed by atoms with Crippen LogP contribution in [-0.2, 0) is 10.0 Å². The topological polar surface area (TPSA) is 102 Å². The Balaban J connectivity index is 2.06. The van der Waals surface area contributed by atoms with E-state index >= 15 is 0 Å². The Kier molecular flexibility index (Phi) is 4.31. The Morgan fingerprint density at radius 2 is 1.92 bits per heavy atom. The number of H-pyrrole nitrogens is 1. The largest absolute Gasteiger partial charge is 0.335 e. The van der Waals surface area contributed by atoms with Crippen molar-refractivity contribution < 1.29 is 12.8 Å². The number of nitrogens with zero attached hydrogens (tertiary/aromatic N) is 2. The summed E-state index contributed by atoms with van der Waals surface area (Å²) in [6.07, 6.45) is 1.05. The zero-order chi connectivity index (χ0) is 17.5. The maximum Gasteiger partial charge on any atom is 0.238 e. The number of sulfonamides is 1. The number of hydrogen-bond donors (Lipinski definition) is 2. The van der Waals surface area contributed by atoms with Crippen LogP contribution in [0.15, 0.2) is 41.4 Å². The fraction of sp³-hybridized carbons (Fsp3) is 0. The number of primary sulfonamides is 1. The third kappa shape index (κ3) is 3.27. The second kappa shape index (κ2) is 6.14. The average molecular weight is 387 g/mol. The molecule has 3 N–H and O–H groups in total. The van der Waals surface area contributed by atoms with Crippen LogP contribution in [0.2, 0.25) is 10.2 Å². The SMILES string of the molecule is NS(=O)(=O)c1ccc(-c2[nH]c(-c3ccc(F)cn3)nc2Cl)c(Cl)c1. The second-order valence-corrected chi connectivity index (χ2v) is 7.13. The number of rotatable bonds is 3. The van der Waals surface area contributed by atoms with Gasteiger partial charge in [0.05, 0.1) is 21.8 Å². The lowest BCUT2D eigenvalue weighted by molar-refractivity contribution is 0.598. The van der Waals surface area contributed by atoms with Crippen molar-refractivity contribution in [1.29, 1.82) is 0 Å². The van der Waals surface area contributed by atoms with Gasteiger partial charge in [-0.3, -0.25) is 0 Å². The highest BCUT2D eigenvalue weighted by Gasteiger charge is 2.17. The van der Waals surface area contributed by atoms with E-state index < -0.39 is 15.8 Å². The zero-order valence-electron chi connectivity index (χ0n) is 11.8. The van der Waals surface area contributed by atoms with Gasteiger partial charge in [-0.25, -0.2) is 27.9 Å². The Bertz CT molecular complexity index is 1020. The number of aromatic nitrogens is 3. The van der Waals surface area contributed by atoms with Gasteiger partial charge in [0.15, 0.2) is 11.0 Å². The van der Waals surface area contributed by atoms with Gasteiger partial charge in [-0.1, -0.05) is 23.2 Å². The van der Waals surface area contributed by atoms with Gasteiger partial charge in [-0.05, 0) is 30.3 Å². The molecule has 1 aromatic carbocycles. The predicted molar refractivity (Wildman–Crippen MR) is 88.6 cm³/mol. The van der Waals surface area contributed by atoms with Crippen LogP contribution in [0.3, 0.4) is 0 Å². The third-order valence-corrected chi connectivity index (χ3v) is 4.67. The smallest absolute Gasteiger partial charge is 0.238 e. The van der Waals surface area contributed by atoms with Crippen LogP contribution in [0.5, 0.6) is 0 Å². The van der Waals surface area contributed by atoms with E-state index in [9.17, 15) is 12.8 Å². The first-order valence-electron chi connectivity index (χ1n) is 6.46. The molecule has 2 aromatic heterocycles.